The Balaban J connectivity index is 1.73. The van der Waals surface area contributed by atoms with Gasteiger partial charge >= 0.3 is 0 Å². The van der Waals surface area contributed by atoms with Gasteiger partial charge in [0.15, 0.2) is 0 Å². The molecule has 1 saturated carbocycles. The minimum atomic E-state index is -0.161. The SMILES string of the molecule is COCCCC/C(=C/C(=N)[C@H](C)N(C1CC1)C(OC)[C@H]1CNCCO1)Nc1ccccc1. The molecule has 32 heavy (non-hydrogen) atoms. The normalized spacial score (nSPS) is 21.4. The topological polar surface area (TPSA) is 78.8 Å². The van der Waals surface area contributed by atoms with Gasteiger partial charge < -0.3 is 30.3 Å². The highest BCUT2D eigenvalue weighted by Crippen LogP contribution is 2.33. The standard InChI is InChI=1S/C25H40N4O3/c1-19(29(22-12-13-22)25(31-3)24-18-27-14-16-32-24)23(26)17-21(11-7-8-15-30-2)28-20-9-5-4-6-10-20/h4-6,9-10,17,19,22,24-28H,7-8,11-16,18H2,1-3H3/b21-17-,26-23?/t19-,24+,25?/m0/s1. The minimum absolute atomic E-state index is 0.0236. The molecular weight excluding hydrogens is 404 g/mol. The molecule has 0 bridgehead atoms. The van der Waals surface area contributed by atoms with Crippen LogP contribution in [0.4, 0.5) is 5.69 Å². The van der Waals surface area contributed by atoms with Crippen molar-refractivity contribution in [2.24, 2.45) is 0 Å². The highest BCUT2D eigenvalue weighted by Gasteiger charge is 2.42. The summed E-state index contributed by atoms with van der Waals surface area (Å²) in [7, 11) is 3.49. The van der Waals surface area contributed by atoms with Crippen LogP contribution in [0.1, 0.15) is 39.0 Å². The van der Waals surface area contributed by atoms with Crippen LogP contribution in [0.15, 0.2) is 42.1 Å². The molecule has 1 aromatic rings. The van der Waals surface area contributed by atoms with Crippen molar-refractivity contribution in [2.75, 3.05) is 45.8 Å². The molecule has 0 amide bonds. The Labute approximate surface area is 193 Å². The molecule has 0 aromatic heterocycles. The molecule has 2 aliphatic rings. The minimum Gasteiger partial charge on any atom is -0.385 e. The summed E-state index contributed by atoms with van der Waals surface area (Å²) >= 11 is 0. The molecule has 178 valence electrons. The summed E-state index contributed by atoms with van der Waals surface area (Å²) in [5.74, 6) is 0. The van der Waals surface area contributed by atoms with Crippen molar-refractivity contribution in [3.8, 4) is 0 Å². The maximum absolute atomic E-state index is 8.95. The second-order valence-electron chi connectivity index (χ2n) is 8.66. The van der Waals surface area contributed by atoms with E-state index in [2.05, 4.69) is 34.6 Å². The molecule has 1 heterocycles. The van der Waals surface area contributed by atoms with E-state index in [-0.39, 0.29) is 18.4 Å². The number of rotatable bonds is 14. The van der Waals surface area contributed by atoms with Crippen molar-refractivity contribution in [2.45, 2.75) is 63.4 Å². The number of methoxy groups -OCH3 is 2. The number of unbranched alkanes of at least 4 members (excludes halogenated alkanes) is 1. The predicted octanol–water partition coefficient (Wildman–Crippen LogP) is 3.63. The van der Waals surface area contributed by atoms with Crippen molar-refractivity contribution in [3.63, 3.8) is 0 Å². The van der Waals surface area contributed by atoms with Gasteiger partial charge in [0.2, 0.25) is 0 Å². The Kier molecular flexibility index (Phi) is 10.1. The van der Waals surface area contributed by atoms with Gasteiger partial charge in [-0.2, -0.15) is 0 Å². The van der Waals surface area contributed by atoms with Gasteiger partial charge in [-0.1, -0.05) is 18.2 Å². The number of benzene rings is 1. The molecule has 1 aromatic carbocycles. The summed E-state index contributed by atoms with van der Waals surface area (Å²) in [6, 6.07) is 10.6. The van der Waals surface area contributed by atoms with Crippen molar-refractivity contribution in [1.29, 1.82) is 5.41 Å². The van der Waals surface area contributed by atoms with Crippen molar-refractivity contribution in [3.05, 3.63) is 42.1 Å². The lowest BCUT2D eigenvalue weighted by molar-refractivity contribution is -0.144. The summed E-state index contributed by atoms with van der Waals surface area (Å²) in [6.45, 7) is 5.22. The molecule has 3 rings (SSSR count). The second-order valence-corrected chi connectivity index (χ2v) is 8.66. The van der Waals surface area contributed by atoms with Gasteiger partial charge in [-0.15, -0.1) is 0 Å². The van der Waals surface area contributed by atoms with E-state index in [1.54, 1.807) is 14.2 Å². The lowest BCUT2D eigenvalue weighted by Gasteiger charge is -2.41. The number of nitrogens with zero attached hydrogens (tertiary/aromatic N) is 1. The van der Waals surface area contributed by atoms with Crippen LogP contribution in [0.25, 0.3) is 0 Å². The maximum atomic E-state index is 8.95. The lowest BCUT2D eigenvalue weighted by atomic mass is 10.1. The van der Waals surface area contributed by atoms with E-state index in [0.29, 0.717) is 18.4 Å². The number of ether oxygens (including phenoxy) is 3. The van der Waals surface area contributed by atoms with E-state index < -0.39 is 0 Å². The zero-order valence-electron chi connectivity index (χ0n) is 19.8. The predicted molar refractivity (Wildman–Crippen MR) is 129 cm³/mol. The van der Waals surface area contributed by atoms with Gasteiger partial charge in [-0.3, -0.25) is 4.90 Å². The number of para-hydroxylation sites is 1. The smallest absolute Gasteiger partial charge is 0.138 e. The Morgan fingerprint density at radius 2 is 2.06 bits per heavy atom. The number of anilines is 1. The van der Waals surface area contributed by atoms with E-state index in [4.69, 9.17) is 19.6 Å². The summed E-state index contributed by atoms with van der Waals surface area (Å²) < 4.78 is 17.2. The molecule has 2 fully saturated rings. The van der Waals surface area contributed by atoms with E-state index in [9.17, 15) is 0 Å². The zero-order chi connectivity index (χ0) is 22.8. The molecule has 1 unspecified atom stereocenters. The third-order valence-corrected chi connectivity index (χ3v) is 6.13. The molecule has 7 nitrogen and oxygen atoms in total. The molecule has 3 atom stereocenters. The molecule has 7 heteroatoms. The number of hydrogen-bond acceptors (Lipinski definition) is 7. The van der Waals surface area contributed by atoms with E-state index in [1.807, 2.05) is 24.3 Å². The van der Waals surface area contributed by atoms with Crippen molar-refractivity contribution in [1.82, 2.24) is 10.2 Å². The first-order valence-electron chi connectivity index (χ1n) is 11.9. The molecular formula is C25H40N4O3. The Hall–Kier alpha value is -1.77. The number of allylic oxidation sites excluding steroid dienone is 1. The summed E-state index contributed by atoms with van der Waals surface area (Å²) in [4.78, 5) is 2.35. The maximum Gasteiger partial charge on any atom is 0.138 e. The monoisotopic (exact) mass is 444 g/mol. The highest BCUT2D eigenvalue weighted by atomic mass is 16.5. The van der Waals surface area contributed by atoms with Gasteiger partial charge in [0.25, 0.3) is 0 Å². The average molecular weight is 445 g/mol. The first-order valence-corrected chi connectivity index (χ1v) is 11.9. The molecule has 0 radical (unpaired) electrons. The van der Waals surface area contributed by atoms with Crippen molar-refractivity contribution < 1.29 is 14.2 Å². The fourth-order valence-corrected chi connectivity index (χ4v) is 4.26. The van der Waals surface area contributed by atoms with Crippen LogP contribution in [-0.4, -0.2) is 75.6 Å². The van der Waals surface area contributed by atoms with Gasteiger partial charge in [0.05, 0.1) is 18.4 Å². The van der Waals surface area contributed by atoms with E-state index in [0.717, 1.165) is 63.2 Å². The largest absolute Gasteiger partial charge is 0.385 e. The first-order chi connectivity index (χ1) is 15.6. The summed E-state index contributed by atoms with van der Waals surface area (Å²) in [6.07, 6.45) is 7.00. The Bertz CT molecular complexity index is 717. The van der Waals surface area contributed by atoms with Crippen LogP contribution in [-0.2, 0) is 14.2 Å². The lowest BCUT2D eigenvalue weighted by Crippen LogP contribution is -2.57. The molecule has 3 N–H and O–H groups in total. The van der Waals surface area contributed by atoms with Crippen LogP contribution in [0, 0.1) is 5.41 Å². The molecule has 1 aliphatic heterocycles. The third-order valence-electron chi connectivity index (χ3n) is 6.13. The second kappa shape index (κ2) is 13.1. The third kappa shape index (κ3) is 7.39. The van der Waals surface area contributed by atoms with E-state index in [1.165, 1.54) is 0 Å². The zero-order valence-corrected chi connectivity index (χ0v) is 19.8. The Morgan fingerprint density at radius 1 is 1.28 bits per heavy atom. The van der Waals surface area contributed by atoms with Crippen LogP contribution in [0.3, 0.4) is 0 Å². The molecule has 0 spiro atoms. The average Bonchev–Trinajstić information content (AvgIpc) is 3.66. The number of nitrogens with one attached hydrogen (secondary N) is 3. The Morgan fingerprint density at radius 3 is 2.69 bits per heavy atom. The summed E-state index contributed by atoms with van der Waals surface area (Å²) in [5, 5.41) is 15.9. The van der Waals surface area contributed by atoms with E-state index >= 15 is 0 Å². The summed E-state index contributed by atoms with van der Waals surface area (Å²) in [5.41, 5.74) is 2.69. The van der Waals surface area contributed by atoms with Gasteiger partial charge in [0, 0.05) is 51.3 Å². The number of hydrogen-bond donors (Lipinski definition) is 3. The molecule has 1 aliphatic carbocycles. The van der Waals surface area contributed by atoms with Gasteiger partial charge in [0.1, 0.15) is 12.3 Å². The molecule has 1 saturated heterocycles. The first kappa shape index (κ1) is 24.9. The van der Waals surface area contributed by atoms with Crippen LogP contribution >= 0.6 is 0 Å². The fourth-order valence-electron chi connectivity index (χ4n) is 4.26. The van der Waals surface area contributed by atoms with Gasteiger partial charge in [-0.25, -0.2) is 0 Å². The highest BCUT2D eigenvalue weighted by molar-refractivity contribution is 5.97. The van der Waals surface area contributed by atoms with Gasteiger partial charge in [-0.05, 0) is 57.2 Å². The van der Waals surface area contributed by atoms with Crippen LogP contribution < -0.4 is 10.6 Å². The van der Waals surface area contributed by atoms with Crippen LogP contribution in [0.5, 0.6) is 0 Å². The van der Waals surface area contributed by atoms with Crippen molar-refractivity contribution >= 4 is 11.4 Å². The number of morpholine rings is 1. The quantitative estimate of drug-likeness (QED) is 0.231. The fraction of sp³-hybridized carbons (Fsp3) is 0.640. The van der Waals surface area contributed by atoms with Crippen LogP contribution in [0.2, 0.25) is 0 Å².